The first-order chi connectivity index (χ1) is 14.5. The molecule has 0 fully saturated rings. The Labute approximate surface area is 175 Å². The molecule has 1 aromatic heterocycles. The molecular formula is C22H26N4O4. The van der Waals surface area contributed by atoms with Crippen molar-refractivity contribution in [2.75, 3.05) is 32.7 Å². The zero-order chi connectivity index (χ0) is 21.5. The number of rotatable bonds is 8. The van der Waals surface area contributed by atoms with Crippen molar-refractivity contribution < 1.29 is 14.3 Å². The Hall–Kier alpha value is -3.39. The smallest absolute Gasteiger partial charge is 0.321 e. The van der Waals surface area contributed by atoms with Crippen LogP contribution in [0.3, 0.4) is 0 Å². The van der Waals surface area contributed by atoms with Gasteiger partial charge in [-0.2, -0.15) is 0 Å². The molecule has 0 atom stereocenters. The van der Waals surface area contributed by atoms with Gasteiger partial charge in [0, 0.05) is 19.8 Å². The first-order valence-corrected chi connectivity index (χ1v) is 9.76. The second kappa shape index (κ2) is 9.89. The van der Waals surface area contributed by atoms with Crippen molar-refractivity contribution in [3.8, 4) is 5.75 Å². The van der Waals surface area contributed by atoms with E-state index in [0.29, 0.717) is 42.2 Å². The molecule has 1 heterocycles. The van der Waals surface area contributed by atoms with Crippen molar-refractivity contribution in [3.05, 3.63) is 64.7 Å². The predicted octanol–water partition coefficient (Wildman–Crippen LogP) is 3.11. The summed E-state index contributed by atoms with van der Waals surface area (Å²) in [6.45, 7) is 3.40. The van der Waals surface area contributed by atoms with Crippen molar-refractivity contribution in [1.82, 2.24) is 14.5 Å². The van der Waals surface area contributed by atoms with Crippen LogP contribution in [0.25, 0.3) is 10.9 Å². The predicted molar refractivity (Wildman–Crippen MR) is 116 cm³/mol. The van der Waals surface area contributed by atoms with Gasteiger partial charge in [-0.25, -0.2) is 9.78 Å². The van der Waals surface area contributed by atoms with Crippen LogP contribution in [0, 0.1) is 0 Å². The average molecular weight is 410 g/mol. The van der Waals surface area contributed by atoms with E-state index in [9.17, 15) is 9.59 Å². The van der Waals surface area contributed by atoms with Crippen LogP contribution in [0.15, 0.2) is 53.3 Å². The number of hydrogen-bond donors (Lipinski definition) is 1. The van der Waals surface area contributed by atoms with Gasteiger partial charge in [0.25, 0.3) is 5.56 Å². The molecule has 158 valence electrons. The molecule has 0 unspecified atom stereocenters. The normalized spacial score (nSPS) is 10.8. The topological polar surface area (TPSA) is 85.7 Å². The number of amides is 2. The molecule has 3 aromatic rings. The Kier molecular flexibility index (Phi) is 7.03. The summed E-state index contributed by atoms with van der Waals surface area (Å²) in [5.41, 5.74) is 1.11. The second-order valence-electron chi connectivity index (χ2n) is 6.74. The van der Waals surface area contributed by atoms with Crippen LogP contribution in [-0.4, -0.2) is 47.9 Å². The molecule has 1 N–H and O–H groups in total. The number of nitrogens with one attached hydrogen (secondary N) is 1. The molecule has 0 spiro atoms. The SMILES string of the molecule is CCOc1ccc(NC(=O)N(C)Cc2nc3ccccc3c(=O)n2CCOC)cc1. The number of para-hydroxylation sites is 1. The van der Waals surface area contributed by atoms with Gasteiger partial charge in [0.2, 0.25) is 0 Å². The fourth-order valence-electron chi connectivity index (χ4n) is 3.05. The van der Waals surface area contributed by atoms with Crippen molar-refractivity contribution in [2.24, 2.45) is 0 Å². The number of carbonyl (C=O) groups excluding carboxylic acids is 1. The van der Waals surface area contributed by atoms with Gasteiger partial charge in [-0.1, -0.05) is 12.1 Å². The van der Waals surface area contributed by atoms with Gasteiger partial charge in [0.1, 0.15) is 11.6 Å². The van der Waals surface area contributed by atoms with Crippen LogP contribution in [-0.2, 0) is 17.8 Å². The number of aromatic nitrogens is 2. The summed E-state index contributed by atoms with van der Waals surface area (Å²) in [4.78, 5) is 31.7. The van der Waals surface area contributed by atoms with Crippen molar-refractivity contribution in [2.45, 2.75) is 20.0 Å². The van der Waals surface area contributed by atoms with E-state index in [-0.39, 0.29) is 18.1 Å². The molecule has 8 nitrogen and oxygen atoms in total. The van der Waals surface area contributed by atoms with E-state index in [2.05, 4.69) is 10.3 Å². The number of fused-ring (bicyclic) bond motifs is 1. The van der Waals surface area contributed by atoms with Crippen LogP contribution in [0.1, 0.15) is 12.7 Å². The van der Waals surface area contributed by atoms with Gasteiger partial charge < -0.3 is 19.7 Å². The number of nitrogens with zero attached hydrogens (tertiary/aromatic N) is 3. The summed E-state index contributed by atoms with van der Waals surface area (Å²) in [5.74, 6) is 1.24. The molecule has 8 heteroatoms. The van der Waals surface area contributed by atoms with Crippen molar-refractivity contribution >= 4 is 22.6 Å². The molecule has 0 saturated heterocycles. The largest absolute Gasteiger partial charge is 0.494 e. The van der Waals surface area contributed by atoms with Crippen LogP contribution < -0.4 is 15.6 Å². The van der Waals surface area contributed by atoms with E-state index in [0.717, 1.165) is 5.75 Å². The summed E-state index contributed by atoms with van der Waals surface area (Å²) in [5, 5.41) is 3.38. The third kappa shape index (κ3) is 4.96. The zero-order valence-electron chi connectivity index (χ0n) is 17.4. The number of methoxy groups -OCH3 is 1. The summed E-state index contributed by atoms with van der Waals surface area (Å²) < 4.78 is 12.1. The van der Waals surface area contributed by atoms with Crippen molar-refractivity contribution in [1.29, 1.82) is 0 Å². The molecule has 0 saturated carbocycles. The molecule has 3 rings (SSSR count). The van der Waals surface area contributed by atoms with Crippen LogP contribution in [0.2, 0.25) is 0 Å². The Morgan fingerprint density at radius 2 is 1.90 bits per heavy atom. The highest BCUT2D eigenvalue weighted by Crippen LogP contribution is 2.16. The van der Waals surface area contributed by atoms with E-state index in [1.165, 1.54) is 4.90 Å². The van der Waals surface area contributed by atoms with Gasteiger partial charge in [-0.15, -0.1) is 0 Å². The van der Waals surface area contributed by atoms with E-state index < -0.39 is 0 Å². The molecular weight excluding hydrogens is 384 g/mol. The Morgan fingerprint density at radius 1 is 1.17 bits per heavy atom. The Balaban J connectivity index is 1.79. The van der Waals surface area contributed by atoms with Gasteiger partial charge in [0.05, 0.1) is 37.2 Å². The highest BCUT2D eigenvalue weighted by atomic mass is 16.5. The lowest BCUT2D eigenvalue weighted by Gasteiger charge is -2.20. The summed E-state index contributed by atoms with van der Waals surface area (Å²) >= 11 is 0. The fourth-order valence-corrected chi connectivity index (χ4v) is 3.05. The molecule has 2 aromatic carbocycles. The zero-order valence-corrected chi connectivity index (χ0v) is 17.4. The van der Waals surface area contributed by atoms with Crippen LogP contribution >= 0.6 is 0 Å². The maximum atomic E-state index is 12.9. The van der Waals surface area contributed by atoms with Crippen molar-refractivity contribution in [3.63, 3.8) is 0 Å². The second-order valence-corrected chi connectivity index (χ2v) is 6.74. The summed E-state index contributed by atoms with van der Waals surface area (Å²) in [6.07, 6.45) is 0. The Morgan fingerprint density at radius 3 is 2.60 bits per heavy atom. The molecule has 0 aliphatic heterocycles. The molecule has 0 bridgehead atoms. The number of urea groups is 1. The molecule has 2 amide bonds. The highest BCUT2D eigenvalue weighted by Gasteiger charge is 2.16. The maximum absolute atomic E-state index is 12.9. The molecule has 30 heavy (non-hydrogen) atoms. The Bertz CT molecular complexity index is 1060. The highest BCUT2D eigenvalue weighted by molar-refractivity contribution is 5.89. The lowest BCUT2D eigenvalue weighted by molar-refractivity contribution is 0.183. The third-order valence-electron chi connectivity index (χ3n) is 4.60. The summed E-state index contributed by atoms with van der Waals surface area (Å²) in [6, 6.07) is 14.0. The van der Waals surface area contributed by atoms with Crippen LogP contribution in [0.4, 0.5) is 10.5 Å². The lowest BCUT2D eigenvalue weighted by atomic mass is 10.2. The molecule has 0 aliphatic rings. The minimum atomic E-state index is -0.306. The molecule has 0 aliphatic carbocycles. The van der Waals surface area contributed by atoms with E-state index in [4.69, 9.17) is 9.47 Å². The van der Waals surface area contributed by atoms with Gasteiger partial charge in [-0.3, -0.25) is 9.36 Å². The fraction of sp³-hybridized carbons (Fsp3) is 0.318. The first-order valence-electron chi connectivity index (χ1n) is 9.76. The van der Waals surface area contributed by atoms with Gasteiger partial charge in [-0.05, 0) is 43.3 Å². The summed E-state index contributed by atoms with van der Waals surface area (Å²) in [7, 11) is 3.24. The third-order valence-corrected chi connectivity index (χ3v) is 4.60. The average Bonchev–Trinajstić information content (AvgIpc) is 2.75. The quantitative estimate of drug-likeness (QED) is 0.617. The number of anilines is 1. The monoisotopic (exact) mass is 410 g/mol. The number of ether oxygens (including phenoxy) is 2. The van der Waals surface area contributed by atoms with E-state index in [1.807, 2.05) is 19.1 Å². The van der Waals surface area contributed by atoms with E-state index in [1.54, 1.807) is 55.1 Å². The number of hydrogen-bond acceptors (Lipinski definition) is 5. The van der Waals surface area contributed by atoms with E-state index >= 15 is 0 Å². The maximum Gasteiger partial charge on any atom is 0.321 e. The van der Waals surface area contributed by atoms with Gasteiger partial charge in [0.15, 0.2) is 0 Å². The standard InChI is InChI=1S/C22H26N4O4/c1-4-30-17-11-9-16(10-12-17)23-22(28)25(2)15-20-24-19-8-6-5-7-18(19)21(27)26(20)13-14-29-3/h5-12H,4,13-15H2,1-3H3,(H,23,28). The number of carbonyl (C=O) groups is 1. The van der Waals surface area contributed by atoms with Crippen LogP contribution in [0.5, 0.6) is 5.75 Å². The first kappa shape index (κ1) is 21.3. The minimum absolute atomic E-state index is 0.145. The van der Waals surface area contributed by atoms with Gasteiger partial charge >= 0.3 is 6.03 Å². The minimum Gasteiger partial charge on any atom is -0.494 e. The molecule has 0 radical (unpaired) electrons. The lowest BCUT2D eigenvalue weighted by Crippen LogP contribution is -2.35. The number of benzene rings is 2.